The first-order valence-electron chi connectivity index (χ1n) is 7.91. The van der Waals surface area contributed by atoms with E-state index in [2.05, 4.69) is 10.3 Å². The Balaban J connectivity index is 1.66. The molecule has 0 fully saturated rings. The summed E-state index contributed by atoms with van der Waals surface area (Å²) in [5.74, 6) is 0.260. The van der Waals surface area contributed by atoms with Gasteiger partial charge in [0.2, 0.25) is 0 Å². The van der Waals surface area contributed by atoms with E-state index in [1.807, 2.05) is 18.2 Å². The van der Waals surface area contributed by atoms with E-state index in [1.165, 1.54) is 23.5 Å². The zero-order chi connectivity index (χ0) is 19.4. The van der Waals surface area contributed by atoms with Crippen LogP contribution >= 0.6 is 11.3 Å². The number of benzene rings is 2. The van der Waals surface area contributed by atoms with E-state index >= 15 is 0 Å². The summed E-state index contributed by atoms with van der Waals surface area (Å²) in [5, 5.41) is 4.93. The minimum atomic E-state index is -4.38. The van der Waals surface area contributed by atoms with Crippen molar-refractivity contribution in [3.63, 3.8) is 0 Å². The summed E-state index contributed by atoms with van der Waals surface area (Å²) in [6.45, 7) is 0.110. The number of para-hydroxylation sites is 1. The van der Waals surface area contributed by atoms with Gasteiger partial charge in [0.25, 0.3) is 5.91 Å². The van der Waals surface area contributed by atoms with Gasteiger partial charge >= 0.3 is 6.18 Å². The number of alkyl halides is 3. The number of aromatic nitrogens is 1. The monoisotopic (exact) mass is 392 g/mol. The summed E-state index contributed by atoms with van der Waals surface area (Å²) in [7, 11) is 1.56. The average molecular weight is 392 g/mol. The van der Waals surface area contributed by atoms with Crippen molar-refractivity contribution in [2.24, 2.45) is 0 Å². The van der Waals surface area contributed by atoms with Gasteiger partial charge in [-0.15, -0.1) is 11.3 Å². The molecule has 140 valence electrons. The molecule has 1 amide bonds. The Morgan fingerprint density at radius 2 is 1.85 bits per heavy atom. The predicted molar refractivity (Wildman–Crippen MR) is 96.7 cm³/mol. The van der Waals surface area contributed by atoms with Crippen molar-refractivity contribution in [2.45, 2.75) is 12.7 Å². The van der Waals surface area contributed by atoms with Gasteiger partial charge < -0.3 is 10.1 Å². The van der Waals surface area contributed by atoms with E-state index in [-0.39, 0.29) is 12.2 Å². The molecule has 0 aliphatic rings. The third-order valence-electron chi connectivity index (χ3n) is 3.81. The van der Waals surface area contributed by atoms with Gasteiger partial charge in [-0.3, -0.25) is 4.79 Å². The van der Waals surface area contributed by atoms with E-state index in [4.69, 9.17) is 4.74 Å². The minimum absolute atomic E-state index is 0.110. The molecule has 0 radical (unpaired) electrons. The normalized spacial score (nSPS) is 11.3. The van der Waals surface area contributed by atoms with Crippen LogP contribution < -0.4 is 10.1 Å². The lowest BCUT2D eigenvalue weighted by atomic mass is 10.1. The fourth-order valence-electron chi connectivity index (χ4n) is 2.41. The molecule has 0 spiro atoms. The molecule has 0 saturated heterocycles. The highest BCUT2D eigenvalue weighted by molar-refractivity contribution is 7.13. The molecule has 0 saturated carbocycles. The lowest BCUT2D eigenvalue weighted by Crippen LogP contribution is -2.23. The van der Waals surface area contributed by atoms with Crippen LogP contribution in [0.1, 0.15) is 21.6 Å². The molecule has 3 rings (SSSR count). The van der Waals surface area contributed by atoms with Crippen LogP contribution in [0, 0.1) is 0 Å². The van der Waals surface area contributed by atoms with Crippen LogP contribution in [0.4, 0.5) is 13.2 Å². The third kappa shape index (κ3) is 4.46. The smallest absolute Gasteiger partial charge is 0.416 e. The average Bonchev–Trinajstić information content (AvgIpc) is 3.16. The highest BCUT2D eigenvalue weighted by atomic mass is 32.1. The molecule has 0 aliphatic heterocycles. The Labute approximate surface area is 157 Å². The number of halogens is 3. The summed E-state index contributed by atoms with van der Waals surface area (Å²) in [5.41, 5.74) is 0.870. The second-order valence-corrected chi connectivity index (χ2v) is 6.47. The predicted octanol–water partition coefficient (Wildman–Crippen LogP) is 4.77. The molecule has 0 atom stereocenters. The quantitative estimate of drug-likeness (QED) is 0.681. The topological polar surface area (TPSA) is 51.2 Å². The SMILES string of the molecule is COc1ccccc1-c1nc(C(=O)NCc2ccc(C(F)(F)F)cc2)cs1. The van der Waals surface area contributed by atoms with Crippen molar-refractivity contribution in [1.29, 1.82) is 0 Å². The van der Waals surface area contributed by atoms with Crippen LogP contribution in [0.3, 0.4) is 0 Å². The molecular formula is C19H15F3N2O2S. The summed E-state index contributed by atoms with van der Waals surface area (Å²) in [4.78, 5) is 16.6. The number of carbonyl (C=O) groups excluding carboxylic acids is 1. The molecule has 0 unspecified atom stereocenters. The maximum Gasteiger partial charge on any atom is 0.416 e. The zero-order valence-corrected chi connectivity index (χ0v) is 15.0. The van der Waals surface area contributed by atoms with Gasteiger partial charge in [0.05, 0.1) is 18.2 Å². The van der Waals surface area contributed by atoms with Crippen molar-refractivity contribution < 1.29 is 22.7 Å². The number of thiazole rings is 1. The Hall–Kier alpha value is -2.87. The van der Waals surface area contributed by atoms with Crippen molar-refractivity contribution in [3.05, 3.63) is 70.7 Å². The number of nitrogens with one attached hydrogen (secondary N) is 1. The number of carbonyl (C=O) groups is 1. The number of hydrogen-bond acceptors (Lipinski definition) is 4. The van der Waals surface area contributed by atoms with Gasteiger partial charge in [-0.05, 0) is 29.8 Å². The number of hydrogen-bond donors (Lipinski definition) is 1. The van der Waals surface area contributed by atoms with Gasteiger partial charge in [0.15, 0.2) is 0 Å². The van der Waals surface area contributed by atoms with Gasteiger partial charge in [-0.2, -0.15) is 13.2 Å². The van der Waals surface area contributed by atoms with E-state index in [0.717, 1.165) is 17.7 Å². The van der Waals surface area contributed by atoms with Crippen molar-refractivity contribution >= 4 is 17.2 Å². The lowest BCUT2D eigenvalue weighted by Gasteiger charge is -2.08. The largest absolute Gasteiger partial charge is 0.496 e. The molecule has 4 nitrogen and oxygen atoms in total. The van der Waals surface area contributed by atoms with Gasteiger partial charge in [0.1, 0.15) is 16.5 Å². The van der Waals surface area contributed by atoms with Crippen LogP contribution in [0.2, 0.25) is 0 Å². The Morgan fingerprint density at radius 1 is 1.15 bits per heavy atom. The first kappa shape index (κ1) is 18.9. The van der Waals surface area contributed by atoms with E-state index in [0.29, 0.717) is 16.3 Å². The van der Waals surface area contributed by atoms with Crippen LogP contribution in [0.5, 0.6) is 5.75 Å². The fourth-order valence-corrected chi connectivity index (χ4v) is 3.24. The molecule has 8 heteroatoms. The summed E-state index contributed by atoms with van der Waals surface area (Å²) >= 11 is 1.31. The van der Waals surface area contributed by atoms with Crippen molar-refractivity contribution in [3.8, 4) is 16.3 Å². The molecule has 1 heterocycles. The Kier molecular flexibility index (Phi) is 5.46. The molecule has 0 bridgehead atoms. The Bertz CT molecular complexity index is 937. The van der Waals surface area contributed by atoms with Gasteiger partial charge in [-0.1, -0.05) is 24.3 Å². The first-order valence-corrected chi connectivity index (χ1v) is 8.79. The number of nitrogens with zero attached hydrogens (tertiary/aromatic N) is 1. The molecule has 1 aromatic heterocycles. The molecule has 27 heavy (non-hydrogen) atoms. The second-order valence-electron chi connectivity index (χ2n) is 5.62. The van der Waals surface area contributed by atoms with E-state index < -0.39 is 17.6 Å². The molecule has 3 aromatic rings. The number of amides is 1. The van der Waals surface area contributed by atoms with Crippen LogP contribution in [0.25, 0.3) is 10.6 Å². The van der Waals surface area contributed by atoms with Gasteiger partial charge in [0, 0.05) is 11.9 Å². The molecule has 2 aromatic carbocycles. The highest BCUT2D eigenvalue weighted by Crippen LogP contribution is 2.32. The first-order chi connectivity index (χ1) is 12.9. The molecule has 1 N–H and O–H groups in total. The number of rotatable bonds is 5. The summed E-state index contributed by atoms with van der Waals surface area (Å²) in [6.07, 6.45) is -4.38. The van der Waals surface area contributed by atoms with Crippen molar-refractivity contribution in [2.75, 3.05) is 7.11 Å². The second kappa shape index (κ2) is 7.79. The van der Waals surface area contributed by atoms with Crippen LogP contribution in [-0.2, 0) is 12.7 Å². The van der Waals surface area contributed by atoms with E-state index in [9.17, 15) is 18.0 Å². The van der Waals surface area contributed by atoms with Crippen LogP contribution in [0.15, 0.2) is 53.9 Å². The number of methoxy groups -OCH3 is 1. The summed E-state index contributed by atoms with van der Waals surface area (Å²) < 4.78 is 43.0. The summed E-state index contributed by atoms with van der Waals surface area (Å²) in [6, 6.07) is 12.0. The minimum Gasteiger partial charge on any atom is -0.496 e. The van der Waals surface area contributed by atoms with Gasteiger partial charge in [-0.25, -0.2) is 4.98 Å². The van der Waals surface area contributed by atoms with Crippen LogP contribution in [-0.4, -0.2) is 18.0 Å². The van der Waals surface area contributed by atoms with Crippen molar-refractivity contribution in [1.82, 2.24) is 10.3 Å². The highest BCUT2D eigenvalue weighted by Gasteiger charge is 2.29. The fraction of sp³-hybridized carbons (Fsp3) is 0.158. The zero-order valence-electron chi connectivity index (χ0n) is 14.2. The van der Waals surface area contributed by atoms with E-state index in [1.54, 1.807) is 18.6 Å². The third-order valence-corrected chi connectivity index (χ3v) is 4.68. The maximum atomic E-state index is 12.6. The lowest BCUT2D eigenvalue weighted by molar-refractivity contribution is -0.137. The molecule has 0 aliphatic carbocycles. The standard InChI is InChI=1S/C19H15F3N2O2S/c1-26-16-5-3-2-4-14(16)18-24-15(11-27-18)17(25)23-10-12-6-8-13(9-7-12)19(20,21)22/h2-9,11H,10H2,1H3,(H,23,25). The Morgan fingerprint density at radius 3 is 2.52 bits per heavy atom. The molecular weight excluding hydrogens is 377 g/mol. The maximum absolute atomic E-state index is 12.6. The number of ether oxygens (including phenoxy) is 1.